The second-order valence-corrected chi connectivity index (χ2v) is 8.16. The summed E-state index contributed by atoms with van der Waals surface area (Å²) >= 11 is 12.4. The Balaban J connectivity index is 2.48. The van der Waals surface area contributed by atoms with Crippen molar-refractivity contribution in [2.75, 3.05) is 7.05 Å². The predicted octanol–water partition coefficient (Wildman–Crippen LogP) is 5.65. The minimum absolute atomic E-state index is 0.218. The van der Waals surface area contributed by atoms with Gasteiger partial charge in [0.2, 0.25) is 0 Å². The number of benzene rings is 1. The molecule has 0 aliphatic rings. The molecule has 1 atom stereocenters. The van der Waals surface area contributed by atoms with Crippen LogP contribution in [0.3, 0.4) is 0 Å². The van der Waals surface area contributed by atoms with Crippen LogP contribution in [0.4, 0.5) is 0 Å². The third kappa shape index (κ3) is 3.07. The minimum atomic E-state index is 0.218. The van der Waals surface area contributed by atoms with Crippen molar-refractivity contribution in [1.82, 2.24) is 5.32 Å². The van der Waals surface area contributed by atoms with Crippen molar-refractivity contribution in [3.8, 4) is 0 Å². The Hall–Kier alpha value is 0.320. The normalized spacial score (nSPS) is 12.7. The zero-order chi connectivity index (χ0) is 13.3. The first-order valence-electron chi connectivity index (χ1n) is 5.41. The zero-order valence-electron chi connectivity index (χ0n) is 9.93. The third-order valence-electron chi connectivity index (χ3n) is 2.79. The average molecular weight is 454 g/mol. The van der Waals surface area contributed by atoms with E-state index in [0.717, 1.165) is 12.7 Å². The number of rotatable bonds is 3. The summed E-state index contributed by atoms with van der Waals surface area (Å²) in [6.45, 7) is 2.14. The molecule has 0 spiro atoms. The van der Waals surface area contributed by atoms with Crippen LogP contribution in [0.5, 0.6) is 0 Å². The van der Waals surface area contributed by atoms with Gasteiger partial charge in [0.1, 0.15) is 0 Å². The van der Waals surface area contributed by atoms with E-state index in [9.17, 15) is 0 Å². The van der Waals surface area contributed by atoms with Crippen LogP contribution in [0.25, 0.3) is 0 Å². The van der Waals surface area contributed by atoms with E-state index in [4.69, 9.17) is 0 Å². The first-order valence-corrected chi connectivity index (χ1v) is 8.60. The van der Waals surface area contributed by atoms with Crippen molar-refractivity contribution in [3.05, 3.63) is 53.0 Å². The molecule has 1 N–H and O–H groups in total. The Morgan fingerprint density at radius 3 is 2.44 bits per heavy atom. The lowest BCUT2D eigenvalue weighted by Crippen LogP contribution is -2.17. The molecule has 0 bridgehead atoms. The largest absolute Gasteiger partial charge is 0.309 e. The van der Waals surface area contributed by atoms with Gasteiger partial charge in [0.25, 0.3) is 0 Å². The maximum atomic E-state index is 3.55. The highest BCUT2D eigenvalue weighted by Crippen LogP contribution is 2.38. The standard InChI is InChI=1S/C13H12Br3NS/c1-7-3-4-8(14)5-9(7)12(17-2)11-6-10(15)13(16)18-11/h3-6,12,17H,1-2H3. The second-order valence-electron chi connectivity index (χ2n) is 3.99. The summed E-state index contributed by atoms with van der Waals surface area (Å²) in [6, 6.07) is 8.77. The lowest BCUT2D eigenvalue weighted by molar-refractivity contribution is 0.699. The van der Waals surface area contributed by atoms with Gasteiger partial charge in [-0.2, -0.15) is 0 Å². The van der Waals surface area contributed by atoms with Crippen LogP contribution in [-0.2, 0) is 0 Å². The van der Waals surface area contributed by atoms with Crippen LogP contribution in [0.1, 0.15) is 22.0 Å². The van der Waals surface area contributed by atoms with Crippen molar-refractivity contribution in [2.45, 2.75) is 13.0 Å². The number of nitrogens with one attached hydrogen (secondary N) is 1. The van der Waals surface area contributed by atoms with Crippen molar-refractivity contribution in [3.63, 3.8) is 0 Å². The van der Waals surface area contributed by atoms with Gasteiger partial charge in [-0.05, 0) is 75.2 Å². The first-order chi connectivity index (χ1) is 8.52. The summed E-state index contributed by atoms with van der Waals surface area (Å²) in [5, 5.41) is 3.39. The minimum Gasteiger partial charge on any atom is -0.309 e. The third-order valence-corrected chi connectivity index (χ3v) is 6.60. The Morgan fingerprint density at radius 1 is 1.17 bits per heavy atom. The molecular formula is C13H12Br3NS. The van der Waals surface area contributed by atoms with Crippen molar-refractivity contribution in [1.29, 1.82) is 0 Å². The van der Waals surface area contributed by atoms with E-state index in [0.29, 0.717) is 0 Å². The molecule has 0 saturated heterocycles. The first kappa shape index (κ1) is 14.7. The summed E-state index contributed by atoms with van der Waals surface area (Å²) in [4.78, 5) is 1.29. The fraction of sp³-hybridized carbons (Fsp3) is 0.231. The molecule has 0 saturated carbocycles. The van der Waals surface area contributed by atoms with Gasteiger partial charge in [-0.15, -0.1) is 11.3 Å². The van der Waals surface area contributed by atoms with Crippen LogP contribution in [0.2, 0.25) is 0 Å². The van der Waals surface area contributed by atoms with Gasteiger partial charge in [-0.1, -0.05) is 22.0 Å². The molecule has 1 heterocycles. The van der Waals surface area contributed by atoms with Gasteiger partial charge in [0.15, 0.2) is 0 Å². The molecule has 0 amide bonds. The quantitative estimate of drug-likeness (QED) is 0.633. The van der Waals surface area contributed by atoms with Crippen molar-refractivity contribution >= 4 is 59.1 Å². The van der Waals surface area contributed by atoms with Crippen LogP contribution >= 0.6 is 59.1 Å². The van der Waals surface area contributed by atoms with Gasteiger partial charge in [0, 0.05) is 13.8 Å². The van der Waals surface area contributed by atoms with Crippen LogP contribution in [0, 0.1) is 6.92 Å². The van der Waals surface area contributed by atoms with Crippen LogP contribution in [-0.4, -0.2) is 7.05 Å². The number of thiophene rings is 1. The number of hydrogen-bond acceptors (Lipinski definition) is 2. The molecule has 2 rings (SSSR count). The van der Waals surface area contributed by atoms with E-state index in [-0.39, 0.29) is 6.04 Å². The molecule has 1 aromatic heterocycles. The summed E-state index contributed by atoms with van der Waals surface area (Å²) in [5.74, 6) is 0. The van der Waals surface area contributed by atoms with Gasteiger partial charge >= 0.3 is 0 Å². The zero-order valence-corrected chi connectivity index (χ0v) is 15.5. The number of hydrogen-bond donors (Lipinski definition) is 1. The Bertz CT molecular complexity index is 546. The van der Waals surface area contributed by atoms with Gasteiger partial charge in [0.05, 0.1) is 9.83 Å². The summed E-state index contributed by atoms with van der Waals surface area (Å²) in [6.07, 6.45) is 0. The molecule has 0 fully saturated rings. The van der Waals surface area contributed by atoms with E-state index in [1.165, 1.54) is 16.0 Å². The fourth-order valence-corrected chi connectivity index (χ4v) is 4.48. The Kier molecular flexibility index (Phi) is 5.06. The molecule has 0 aliphatic heterocycles. The highest BCUT2D eigenvalue weighted by atomic mass is 79.9. The van der Waals surface area contributed by atoms with Gasteiger partial charge in [-0.25, -0.2) is 0 Å². The van der Waals surface area contributed by atoms with Crippen molar-refractivity contribution < 1.29 is 0 Å². The summed E-state index contributed by atoms with van der Waals surface area (Å²) in [7, 11) is 1.99. The lowest BCUT2D eigenvalue weighted by Gasteiger charge is -2.17. The molecule has 1 aromatic carbocycles. The molecule has 0 radical (unpaired) electrons. The van der Waals surface area contributed by atoms with E-state index in [1.54, 1.807) is 11.3 Å². The van der Waals surface area contributed by atoms with E-state index in [1.807, 2.05) is 7.05 Å². The lowest BCUT2D eigenvalue weighted by atomic mass is 10.0. The van der Waals surface area contributed by atoms with Crippen LogP contribution in [0.15, 0.2) is 37.0 Å². The predicted molar refractivity (Wildman–Crippen MR) is 89.5 cm³/mol. The van der Waals surface area contributed by atoms with E-state index in [2.05, 4.69) is 84.3 Å². The Morgan fingerprint density at radius 2 is 1.89 bits per heavy atom. The molecule has 2 aromatic rings. The van der Waals surface area contributed by atoms with Crippen molar-refractivity contribution in [2.24, 2.45) is 0 Å². The molecule has 96 valence electrons. The highest BCUT2D eigenvalue weighted by Gasteiger charge is 2.18. The molecule has 5 heteroatoms. The van der Waals surface area contributed by atoms with Crippen LogP contribution < -0.4 is 5.32 Å². The topological polar surface area (TPSA) is 12.0 Å². The van der Waals surface area contributed by atoms with Gasteiger partial charge in [-0.3, -0.25) is 0 Å². The average Bonchev–Trinajstić information content (AvgIpc) is 2.65. The molecular weight excluding hydrogens is 442 g/mol. The SMILES string of the molecule is CNC(c1cc(Br)c(Br)s1)c1cc(Br)ccc1C. The summed E-state index contributed by atoms with van der Waals surface area (Å²) in [5.41, 5.74) is 2.59. The summed E-state index contributed by atoms with van der Waals surface area (Å²) < 4.78 is 3.35. The second kappa shape index (κ2) is 6.18. The van der Waals surface area contributed by atoms with E-state index < -0.39 is 0 Å². The maximum Gasteiger partial charge on any atom is 0.0843 e. The maximum absolute atomic E-state index is 3.55. The number of halogens is 3. The molecule has 1 nitrogen and oxygen atoms in total. The number of aryl methyl sites for hydroxylation is 1. The van der Waals surface area contributed by atoms with E-state index >= 15 is 0 Å². The molecule has 0 aliphatic carbocycles. The highest BCUT2D eigenvalue weighted by molar-refractivity contribution is 9.13. The fourth-order valence-electron chi connectivity index (χ4n) is 1.88. The molecule has 18 heavy (non-hydrogen) atoms. The molecule has 1 unspecified atom stereocenters. The monoisotopic (exact) mass is 451 g/mol. The Labute approximate surface area is 136 Å². The smallest absolute Gasteiger partial charge is 0.0843 e. The van der Waals surface area contributed by atoms with Gasteiger partial charge < -0.3 is 5.32 Å².